The second-order valence-electron chi connectivity index (χ2n) is 7.34. The normalized spacial score (nSPS) is 18.4. The highest BCUT2D eigenvalue weighted by Crippen LogP contribution is 2.06. The first kappa shape index (κ1) is 23.8. The number of nitrogens with two attached hydrogens (primary N) is 1. The molecule has 3 amide bonds. The maximum Gasteiger partial charge on any atom is 0.326 e. The van der Waals surface area contributed by atoms with E-state index in [9.17, 15) is 24.3 Å². The van der Waals surface area contributed by atoms with Gasteiger partial charge in [-0.05, 0) is 51.1 Å². The van der Waals surface area contributed by atoms with Gasteiger partial charge in [0.15, 0.2) is 0 Å². The van der Waals surface area contributed by atoms with Crippen LogP contribution in [0.5, 0.6) is 0 Å². The molecule has 1 rings (SSSR count). The van der Waals surface area contributed by atoms with Gasteiger partial charge in [-0.2, -0.15) is 0 Å². The van der Waals surface area contributed by atoms with Crippen LogP contribution in [0.4, 0.5) is 0 Å². The van der Waals surface area contributed by atoms with Crippen LogP contribution in [-0.4, -0.2) is 66.6 Å². The van der Waals surface area contributed by atoms with Crippen molar-refractivity contribution < 1.29 is 24.3 Å². The van der Waals surface area contributed by atoms with Gasteiger partial charge in [-0.3, -0.25) is 14.4 Å². The van der Waals surface area contributed by atoms with Crippen molar-refractivity contribution in [1.29, 1.82) is 0 Å². The molecule has 7 N–H and O–H groups in total. The second-order valence-corrected chi connectivity index (χ2v) is 7.34. The molecular formula is C18H33N5O5. The minimum absolute atomic E-state index is 0.246. The fourth-order valence-electron chi connectivity index (χ4n) is 2.97. The Bertz CT molecular complexity index is 548. The van der Waals surface area contributed by atoms with E-state index >= 15 is 0 Å². The zero-order chi connectivity index (χ0) is 21.1. The van der Waals surface area contributed by atoms with Crippen molar-refractivity contribution in [3.63, 3.8) is 0 Å². The summed E-state index contributed by atoms with van der Waals surface area (Å²) < 4.78 is 0. The molecule has 1 aliphatic rings. The summed E-state index contributed by atoms with van der Waals surface area (Å²) in [6.07, 6.45) is 3.25. The molecular weight excluding hydrogens is 366 g/mol. The lowest BCUT2D eigenvalue weighted by molar-refractivity contribution is -0.143. The number of hydrogen-bond donors (Lipinski definition) is 6. The van der Waals surface area contributed by atoms with Crippen LogP contribution in [0.2, 0.25) is 0 Å². The lowest BCUT2D eigenvalue weighted by Gasteiger charge is -2.23. The predicted molar refractivity (Wildman–Crippen MR) is 103 cm³/mol. The standard InChI is InChI=1S/C18H33N5O5/c1-11(2)15(18(27)28)23-17(26)13(6-3-4-8-19)22-14(24)10-21-16(25)12-7-5-9-20-12/h11-13,15,20H,3-10,19H2,1-2H3,(H,21,25)(H,22,24)(H,23,26)(H,27,28). The molecule has 1 aliphatic heterocycles. The van der Waals surface area contributed by atoms with Crippen LogP contribution in [0.15, 0.2) is 0 Å². The fraction of sp³-hybridized carbons (Fsp3) is 0.778. The van der Waals surface area contributed by atoms with E-state index in [-0.39, 0.29) is 24.4 Å². The van der Waals surface area contributed by atoms with Crippen molar-refractivity contribution in [2.24, 2.45) is 11.7 Å². The molecule has 3 unspecified atom stereocenters. The van der Waals surface area contributed by atoms with E-state index in [1.54, 1.807) is 13.8 Å². The molecule has 10 heteroatoms. The van der Waals surface area contributed by atoms with Gasteiger partial charge in [0.2, 0.25) is 17.7 Å². The van der Waals surface area contributed by atoms with Crippen LogP contribution >= 0.6 is 0 Å². The van der Waals surface area contributed by atoms with Gasteiger partial charge < -0.3 is 32.1 Å². The van der Waals surface area contributed by atoms with Gasteiger partial charge in [-0.1, -0.05) is 13.8 Å². The van der Waals surface area contributed by atoms with Gasteiger partial charge in [0.1, 0.15) is 12.1 Å². The minimum Gasteiger partial charge on any atom is -0.480 e. The Hall–Kier alpha value is -2.20. The molecule has 28 heavy (non-hydrogen) atoms. The lowest BCUT2D eigenvalue weighted by atomic mass is 10.0. The summed E-state index contributed by atoms with van der Waals surface area (Å²) in [4.78, 5) is 48.0. The summed E-state index contributed by atoms with van der Waals surface area (Å²) in [5, 5.41) is 19.9. The molecule has 0 aromatic heterocycles. The van der Waals surface area contributed by atoms with Crippen molar-refractivity contribution in [2.45, 2.75) is 64.1 Å². The third-order valence-corrected chi connectivity index (χ3v) is 4.63. The topological polar surface area (TPSA) is 163 Å². The molecule has 0 radical (unpaired) electrons. The SMILES string of the molecule is CC(C)C(NC(=O)C(CCCCN)NC(=O)CNC(=O)C1CCCN1)C(=O)O. The van der Waals surface area contributed by atoms with Crippen LogP contribution in [0.3, 0.4) is 0 Å². The number of aliphatic carboxylic acids is 1. The highest BCUT2D eigenvalue weighted by molar-refractivity contribution is 5.92. The number of amides is 3. The van der Waals surface area contributed by atoms with E-state index in [0.717, 1.165) is 19.4 Å². The number of unbranched alkanes of at least 4 members (excludes halogenated alkanes) is 1. The summed E-state index contributed by atoms with van der Waals surface area (Å²) in [5.41, 5.74) is 5.47. The summed E-state index contributed by atoms with van der Waals surface area (Å²) in [6.45, 7) is 4.36. The highest BCUT2D eigenvalue weighted by Gasteiger charge is 2.28. The summed E-state index contributed by atoms with van der Waals surface area (Å²) in [6, 6.07) is -2.23. The zero-order valence-electron chi connectivity index (χ0n) is 16.6. The molecule has 0 aliphatic carbocycles. The van der Waals surface area contributed by atoms with Crippen LogP contribution in [0.25, 0.3) is 0 Å². The van der Waals surface area contributed by atoms with E-state index in [1.807, 2.05) is 0 Å². The Balaban J connectivity index is 2.60. The fourth-order valence-corrected chi connectivity index (χ4v) is 2.97. The Morgan fingerprint density at radius 1 is 1.18 bits per heavy atom. The molecule has 160 valence electrons. The molecule has 0 saturated carbocycles. The summed E-state index contributed by atoms with van der Waals surface area (Å²) in [5.74, 6) is -2.75. The quantitative estimate of drug-likeness (QED) is 0.222. The third kappa shape index (κ3) is 8.22. The van der Waals surface area contributed by atoms with Crippen molar-refractivity contribution in [2.75, 3.05) is 19.6 Å². The number of carboxylic acid groups (broad SMARTS) is 1. The Morgan fingerprint density at radius 2 is 1.89 bits per heavy atom. The van der Waals surface area contributed by atoms with E-state index in [0.29, 0.717) is 25.8 Å². The monoisotopic (exact) mass is 399 g/mol. The Morgan fingerprint density at radius 3 is 2.43 bits per heavy atom. The van der Waals surface area contributed by atoms with Crippen LogP contribution < -0.4 is 27.0 Å². The molecule has 1 saturated heterocycles. The average Bonchev–Trinajstić information content (AvgIpc) is 3.17. The van der Waals surface area contributed by atoms with Crippen molar-refractivity contribution in [1.82, 2.24) is 21.3 Å². The highest BCUT2D eigenvalue weighted by atomic mass is 16.4. The molecule has 3 atom stereocenters. The number of nitrogens with one attached hydrogen (secondary N) is 4. The van der Waals surface area contributed by atoms with E-state index in [4.69, 9.17) is 5.73 Å². The molecule has 0 aromatic rings. The maximum atomic E-state index is 12.5. The molecule has 0 bridgehead atoms. The first-order valence-electron chi connectivity index (χ1n) is 9.80. The van der Waals surface area contributed by atoms with Gasteiger partial charge in [-0.25, -0.2) is 4.79 Å². The van der Waals surface area contributed by atoms with Gasteiger partial charge in [0.25, 0.3) is 0 Å². The Kier molecular flexibility index (Phi) is 10.5. The lowest BCUT2D eigenvalue weighted by Crippen LogP contribution is -2.54. The van der Waals surface area contributed by atoms with Crippen LogP contribution in [0, 0.1) is 5.92 Å². The number of carbonyl (C=O) groups excluding carboxylic acids is 3. The molecule has 1 fully saturated rings. The van der Waals surface area contributed by atoms with Gasteiger partial charge in [0, 0.05) is 0 Å². The average molecular weight is 399 g/mol. The van der Waals surface area contributed by atoms with Crippen molar-refractivity contribution in [3.8, 4) is 0 Å². The van der Waals surface area contributed by atoms with Crippen LogP contribution in [-0.2, 0) is 19.2 Å². The third-order valence-electron chi connectivity index (χ3n) is 4.63. The van der Waals surface area contributed by atoms with Crippen molar-refractivity contribution in [3.05, 3.63) is 0 Å². The van der Waals surface area contributed by atoms with Crippen LogP contribution in [0.1, 0.15) is 46.0 Å². The Labute approximate surface area is 165 Å². The molecule has 1 heterocycles. The number of hydrogen-bond acceptors (Lipinski definition) is 6. The summed E-state index contributed by atoms with van der Waals surface area (Å²) >= 11 is 0. The van der Waals surface area contributed by atoms with Crippen molar-refractivity contribution >= 4 is 23.7 Å². The van der Waals surface area contributed by atoms with Gasteiger partial charge in [0.05, 0.1) is 12.6 Å². The smallest absolute Gasteiger partial charge is 0.326 e. The van der Waals surface area contributed by atoms with E-state index < -0.39 is 29.9 Å². The molecule has 0 aromatic carbocycles. The minimum atomic E-state index is -1.13. The molecule has 0 spiro atoms. The first-order valence-corrected chi connectivity index (χ1v) is 9.80. The molecule has 10 nitrogen and oxygen atoms in total. The predicted octanol–water partition coefficient (Wildman–Crippen LogP) is -1.31. The van der Waals surface area contributed by atoms with Gasteiger partial charge in [-0.15, -0.1) is 0 Å². The zero-order valence-corrected chi connectivity index (χ0v) is 16.6. The van der Waals surface area contributed by atoms with Gasteiger partial charge >= 0.3 is 5.97 Å². The summed E-state index contributed by atoms with van der Waals surface area (Å²) in [7, 11) is 0. The first-order chi connectivity index (χ1) is 13.3. The van der Waals surface area contributed by atoms with E-state index in [2.05, 4.69) is 21.3 Å². The number of carboxylic acids is 1. The number of rotatable bonds is 12. The largest absolute Gasteiger partial charge is 0.480 e. The maximum absolute atomic E-state index is 12.5. The second kappa shape index (κ2) is 12.3. The number of carbonyl (C=O) groups is 4. The van der Waals surface area contributed by atoms with E-state index in [1.165, 1.54) is 0 Å².